The van der Waals surface area contributed by atoms with Gasteiger partial charge in [-0.25, -0.2) is 0 Å². The second-order valence-electron chi connectivity index (χ2n) is 5.29. The molecule has 0 radical (unpaired) electrons. The van der Waals surface area contributed by atoms with Crippen molar-refractivity contribution >= 4 is 17.5 Å². The molecule has 1 N–H and O–H groups in total. The summed E-state index contributed by atoms with van der Waals surface area (Å²) in [5, 5.41) is 6.80. The first-order chi connectivity index (χ1) is 9.16. The average Bonchev–Trinajstić information content (AvgIpc) is 3.02. The van der Waals surface area contributed by atoms with E-state index < -0.39 is 0 Å². The number of halogens is 1. The lowest BCUT2D eigenvalue weighted by molar-refractivity contribution is 0.0487. The number of nitrogens with zero attached hydrogens (tertiary/aromatic N) is 2. The molecule has 0 aliphatic carbocycles. The molecule has 7 heteroatoms. The second-order valence-corrected chi connectivity index (χ2v) is 5.69. The zero-order valence-corrected chi connectivity index (χ0v) is 11.4. The quantitative estimate of drug-likeness (QED) is 0.892. The van der Waals surface area contributed by atoms with Crippen LogP contribution in [-0.2, 0) is 9.47 Å². The number of carbonyl (C=O) groups is 1. The molecule has 1 amide bonds. The van der Waals surface area contributed by atoms with Crippen LogP contribution in [0.1, 0.15) is 10.5 Å². The Bertz CT molecular complexity index is 492. The van der Waals surface area contributed by atoms with Crippen molar-refractivity contribution in [3.05, 3.63) is 16.9 Å². The number of rotatable bonds is 3. The molecule has 6 nitrogen and oxygen atoms in total. The van der Waals surface area contributed by atoms with E-state index in [-0.39, 0.29) is 11.3 Å². The zero-order valence-electron chi connectivity index (χ0n) is 10.7. The number of hydrogen-bond donors (Lipinski definition) is 1. The number of nitrogens with one attached hydrogen (secondary N) is 1. The summed E-state index contributed by atoms with van der Waals surface area (Å²) < 4.78 is 10.9. The number of aromatic amines is 1. The van der Waals surface area contributed by atoms with E-state index >= 15 is 0 Å². The van der Waals surface area contributed by atoms with Crippen LogP contribution >= 0.6 is 11.6 Å². The number of carbonyl (C=O) groups excluding carboxylic acids is 1. The first-order valence-electron chi connectivity index (χ1n) is 6.21. The van der Waals surface area contributed by atoms with E-state index in [1.54, 1.807) is 7.11 Å². The standard InChI is InChI=1S/C12H16ClN3O3/c1-18-6-12-5-16(3-8(12)4-19-7-12)11(17)10-9(13)2-14-15-10/h2,8H,3-7H2,1H3,(H,14,15)/t8-,12-/m0/s1. The molecule has 104 valence electrons. The first-order valence-corrected chi connectivity index (χ1v) is 6.59. The highest BCUT2D eigenvalue weighted by Gasteiger charge is 2.52. The fourth-order valence-corrected chi connectivity index (χ4v) is 3.23. The summed E-state index contributed by atoms with van der Waals surface area (Å²) in [6.45, 7) is 3.26. The molecule has 1 aromatic rings. The summed E-state index contributed by atoms with van der Waals surface area (Å²) in [6, 6.07) is 0. The molecule has 2 fully saturated rings. The zero-order chi connectivity index (χ0) is 13.5. The van der Waals surface area contributed by atoms with Crippen molar-refractivity contribution in [2.45, 2.75) is 0 Å². The van der Waals surface area contributed by atoms with Gasteiger partial charge in [0.1, 0.15) is 5.69 Å². The van der Waals surface area contributed by atoms with Crippen molar-refractivity contribution in [2.75, 3.05) is 40.0 Å². The normalized spacial score (nSPS) is 29.8. The van der Waals surface area contributed by atoms with Gasteiger partial charge in [-0.05, 0) is 0 Å². The second kappa shape index (κ2) is 4.77. The highest BCUT2D eigenvalue weighted by Crippen LogP contribution is 2.42. The Morgan fingerprint density at radius 2 is 2.63 bits per heavy atom. The van der Waals surface area contributed by atoms with Crippen LogP contribution in [0, 0.1) is 11.3 Å². The summed E-state index contributed by atoms with van der Waals surface area (Å²) >= 11 is 5.94. The van der Waals surface area contributed by atoms with Gasteiger partial charge in [0.05, 0.1) is 31.0 Å². The van der Waals surface area contributed by atoms with Gasteiger partial charge >= 0.3 is 0 Å². The molecule has 2 atom stereocenters. The van der Waals surface area contributed by atoms with Gasteiger partial charge in [-0.2, -0.15) is 5.10 Å². The maximum atomic E-state index is 12.4. The lowest BCUT2D eigenvalue weighted by Gasteiger charge is -2.25. The van der Waals surface area contributed by atoms with Gasteiger partial charge in [-0.15, -0.1) is 0 Å². The molecular formula is C12H16ClN3O3. The first kappa shape index (κ1) is 12.9. The van der Waals surface area contributed by atoms with Gasteiger partial charge < -0.3 is 14.4 Å². The number of methoxy groups -OCH3 is 1. The largest absolute Gasteiger partial charge is 0.384 e. The highest BCUT2D eigenvalue weighted by atomic mass is 35.5. The van der Waals surface area contributed by atoms with Crippen molar-refractivity contribution in [3.63, 3.8) is 0 Å². The monoisotopic (exact) mass is 285 g/mol. The van der Waals surface area contributed by atoms with E-state index in [2.05, 4.69) is 10.2 Å². The Labute approximate surface area is 116 Å². The molecule has 19 heavy (non-hydrogen) atoms. The third-order valence-corrected chi connectivity index (χ3v) is 4.33. The Kier molecular flexibility index (Phi) is 3.24. The molecule has 3 rings (SSSR count). The Morgan fingerprint density at radius 1 is 1.79 bits per heavy atom. The molecule has 3 heterocycles. The number of aromatic nitrogens is 2. The van der Waals surface area contributed by atoms with Gasteiger partial charge in [-0.1, -0.05) is 11.6 Å². The fourth-order valence-electron chi connectivity index (χ4n) is 3.06. The average molecular weight is 286 g/mol. The van der Waals surface area contributed by atoms with Crippen molar-refractivity contribution in [1.29, 1.82) is 0 Å². The van der Waals surface area contributed by atoms with Gasteiger partial charge in [0.15, 0.2) is 0 Å². The molecular weight excluding hydrogens is 270 g/mol. The van der Waals surface area contributed by atoms with Gasteiger partial charge in [0, 0.05) is 31.5 Å². The van der Waals surface area contributed by atoms with E-state index in [0.29, 0.717) is 49.5 Å². The molecule has 2 aliphatic rings. The number of amides is 1. The fraction of sp³-hybridized carbons (Fsp3) is 0.667. The van der Waals surface area contributed by atoms with Crippen LogP contribution < -0.4 is 0 Å². The van der Waals surface area contributed by atoms with Crippen LogP contribution in [0.25, 0.3) is 0 Å². The van der Waals surface area contributed by atoms with Crippen LogP contribution in [-0.4, -0.2) is 61.0 Å². The summed E-state index contributed by atoms with van der Waals surface area (Å²) in [5.41, 5.74) is 0.284. The third-order valence-electron chi connectivity index (χ3n) is 4.05. The Morgan fingerprint density at radius 3 is 3.32 bits per heavy atom. The molecule has 0 saturated carbocycles. The molecule has 0 spiro atoms. The minimum Gasteiger partial charge on any atom is -0.384 e. The lowest BCUT2D eigenvalue weighted by Crippen LogP contribution is -2.37. The SMILES string of the molecule is COC[C@@]12COC[C@@H]1CN(C(=O)c1[nH]ncc1Cl)C2. The molecule has 0 unspecified atom stereocenters. The van der Waals surface area contributed by atoms with Crippen LogP contribution in [0.2, 0.25) is 5.02 Å². The lowest BCUT2D eigenvalue weighted by atomic mass is 9.82. The minimum atomic E-state index is -0.104. The van der Waals surface area contributed by atoms with Crippen LogP contribution in [0.15, 0.2) is 6.20 Å². The van der Waals surface area contributed by atoms with Crippen LogP contribution in [0.5, 0.6) is 0 Å². The number of ether oxygens (including phenoxy) is 2. The van der Waals surface area contributed by atoms with Crippen LogP contribution in [0.3, 0.4) is 0 Å². The number of likely N-dealkylation sites (tertiary alicyclic amines) is 1. The number of hydrogen-bond acceptors (Lipinski definition) is 4. The molecule has 2 aliphatic heterocycles. The number of H-pyrrole nitrogens is 1. The van der Waals surface area contributed by atoms with Crippen molar-refractivity contribution in [1.82, 2.24) is 15.1 Å². The molecule has 2 saturated heterocycles. The summed E-state index contributed by atoms with van der Waals surface area (Å²) in [7, 11) is 1.68. The van der Waals surface area contributed by atoms with E-state index in [0.717, 1.165) is 0 Å². The maximum Gasteiger partial charge on any atom is 0.273 e. The highest BCUT2D eigenvalue weighted by molar-refractivity contribution is 6.33. The van der Waals surface area contributed by atoms with Gasteiger partial charge in [-0.3, -0.25) is 9.89 Å². The number of fused-ring (bicyclic) bond motifs is 1. The van der Waals surface area contributed by atoms with Crippen LogP contribution in [0.4, 0.5) is 0 Å². The minimum absolute atomic E-state index is 0.0725. The topological polar surface area (TPSA) is 67.5 Å². The van der Waals surface area contributed by atoms with E-state index in [4.69, 9.17) is 21.1 Å². The molecule has 0 bridgehead atoms. The Hall–Kier alpha value is -1.11. The van der Waals surface area contributed by atoms with Crippen molar-refractivity contribution in [3.8, 4) is 0 Å². The Balaban J connectivity index is 1.79. The van der Waals surface area contributed by atoms with Gasteiger partial charge in [0.2, 0.25) is 0 Å². The summed E-state index contributed by atoms with van der Waals surface area (Å²) in [5.74, 6) is 0.227. The van der Waals surface area contributed by atoms with E-state index in [1.165, 1.54) is 6.20 Å². The summed E-state index contributed by atoms with van der Waals surface area (Å²) in [4.78, 5) is 14.2. The smallest absolute Gasteiger partial charge is 0.273 e. The molecule has 0 aromatic carbocycles. The predicted octanol–water partition coefficient (Wildman–Crippen LogP) is 0.798. The summed E-state index contributed by atoms with van der Waals surface area (Å²) in [6.07, 6.45) is 1.44. The maximum absolute atomic E-state index is 12.4. The van der Waals surface area contributed by atoms with Gasteiger partial charge in [0.25, 0.3) is 5.91 Å². The predicted molar refractivity (Wildman–Crippen MR) is 68.1 cm³/mol. The van der Waals surface area contributed by atoms with Crippen molar-refractivity contribution < 1.29 is 14.3 Å². The van der Waals surface area contributed by atoms with E-state index in [1.807, 2.05) is 4.90 Å². The van der Waals surface area contributed by atoms with Crippen molar-refractivity contribution in [2.24, 2.45) is 11.3 Å². The van der Waals surface area contributed by atoms with E-state index in [9.17, 15) is 4.79 Å². The molecule has 1 aromatic heterocycles. The third kappa shape index (κ3) is 2.04.